The lowest BCUT2D eigenvalue weighted by Crippen LogP contribution is -2.14. The van der Waals surface area contributed by atoms with Crippen molar-refractivity contribution in [1.82, 2.24) is 0 Å². The summed E-state index contributed by atoms with van der Waals surface area (Å²) in [6, 6.07) is 10.2. The molecule has 0 spiro atoms. The first kappa shape index (κ1) is 17.1. The molecule has 0 aliphatic carbocycles. The third-order valence-electron chi connectivity index (χ3n) is 3.06. The van der Waals surface area contributed by atoms with Gasteiger partial charge in [-0.2, -0.15) is 0 Å². The molecule has 0 aliphatic rings. The highest BCUT2D eigenvalue weighted by Crippen LogP contribution is 2.27. The van der Waals surface area contributed by atoms with E-state index < -0.39 is 16.9 Å². The van der Waals surface area contributed by atoms with Crippen molar-refractivity contribution in [3.63, 3.8) is 0 Å². The van der Waals surface area contributed by atoms with E-state index in [2.05, 4.69) is 5.32 Å². The second kappa shape index (κ2) is 7.37. The van der Waals surface area contributed by atoms with Crippen molar-refractivity contribution in [3.05, 3.63) is 59.7 Å². The smallest absolute Gasteiger partial charge is 0.221 e. The maximum absolute atomic E-state index is 13.2. The molecule has 120 valence electrons. The Bertz CT molecular complexity index is 732. The van der Waals surface area contributed by atoms with Crippen LogP contribution in [0.1, 0.15) is 24.2 Å². The van der Waals surface area contributed by atoms with Crippen molar-refractivity contribution < 1.29 is 18.4 Å². The number of amides is 1. The Hall–Kier alpha value is -2.21. The van der Waals surface area contributed by atoms with Gasteiger partial charge in [-0.3, -0.25) is 9.59 Å². The standard InChI is InChI=1S/C17H15F2NO2S/c1-10(17(22)12-3-8-15(18)16(19)9-12)23-14-6-4-13(5-7-14)20-11(2)21/h3-10H,1-2H3,(H,20,21). The number of anilines is 1. The lowest BCUT2D eigenvalue weighted by molar-refractivity contribution is -0.114. The van der Waals surface area contributed by atoms with E-state index in [0.29, 0.717) is 5.69 Å². The van der Waals surface area contributed by atoms with Crippen LogP contribution in [0.3, 0.4) is 0 Å². The summed E-state index contributed by atoms with van der Waals surface area (Å²) in [5.41, 5.74) is 0.806. The first-order valence-electron chi connectivity index (χ1n) is 6.90. The summed E-state index contributed by atoms with van der Waals surface area (Å²) in [5, 5.41) is 2.20. The highest BCUT2D eigenvalue weighted by molar-refractivity contribution is 8.00. The van der Waals surface area contributed by atoms with Crippen molar-refractivity contribution in [3.8, 4) is 0 Å². The molecule has 0 aliphatic heterocycles. The molecule has 0 radical (unpaired) electrons. The van der Waals surface area contributed by atoms with Gasteiger partial charge in [0.1, 0.15) is 0 Å². The number of rotatable bonds is 5. The van der Waals surface area contributed by atoms with E-state index in [9.17, 15) is 18.4 Å². The summed E-state index contributed by atoms with van der Waals surface area (Å²) in [6.45, 7) is 3.13. The number of nitrogens with one attached hydrogen (secondary N) is 1. The fourth-order valence-electron chi connectivity index (χ4n) is 1.96. The number of carbonyl (C=O) groups is 2. The Morgan fingerprint density at radius 1 is 1.04 bits per heavy atom. The second-order valence-corrected chi connectivity index (χ2v) is 6.37. The number of ketones is 1. The molecule has 1 atom stereocenters. The van der Waals surface area contributed by atoms with Gasteiger partial charge in [-0.15, -0.1) is 11.8 Å². The molecule has 0 heterocycles. The van der Waals surface area contributed by atoms with Crippen molar-refractivity contribution >= 4 is 29.1 Å². The van der Waals surface area contributed by atoms with Crippen LogP contribution in [0.2, 0.25) is 0 Å². The van der Waals surface area contributed by atoms with Crippen LogP contribution in [0.15, 0.2) is 47.4 Å². The first-order valence-corrected chi connectivity index (χ1v) is 7.78. The van der Waals surface area contributed by atoms with E-state index in [1.54, 1.807) is 31.2 Å². The molecule has 3 nitrogen and oxygen atoms in total. The average molecular weight is 335 g/mol. The Kier molecular flexibility index (Phi) is 5.50. The minimum Gasteiger partial charge on any atom is -0.326 e. The number of hydrogen-bond acceptors (Lipinski definition) is 3. The lowest BCUT2D eigenvalue weighted by Gasteiger charge is -2.11. The van der Waals surface area contributed by atoms with Gasteiger partial charge in [0.05, 0.1) is 5.25 Å². The number of halogens is 2. The molecule has 0 fully saturated rings. The molecule has 0 saturated heterocycles. The van der Waals surface area contributed by atoms with E-state index in [1.807, 2.05) is 0 Å². The SMILES string of the molecule is CC(=O)Nc1ccc(SC(C)C(=O)c2ccc(F)c(F)c2)cc1. The fraction of sp³-hybridized carbons (Fsp3) is 0.176. The highest BCUT2D eigenvalue weighted by Gasteiger charge is 2.18. The summed E-state index contributed by atoms with van der Waals surface area (Å²) in [6.07, 6.45) is 0. The molecule has 2 rings (SSSR count). The van der Waals surface area contributed by atoms with Crippen molar-refractivity contribution in [1.29, 1.82) is 0 Å². The number of thioether (sulfide) groups is 1. The highest BCUT2D eigenvalue weighted by atomic mass is 32.2. The normalized spacial score (nSPS) is 11.8. The third-order valence-corrected chi connectivity index (χ3v) is 4.17. The quantitative estimate of drug-likeness (QED) is 0.655. The van der Waals surface area contributed by atoms with E-state index in [4.69, 9.17) is 0 Å². The third kappa shape index (κ3) is 4.63. The molecule has 1 unspecified atom stereocenters. The van der Waals surface area contributed by atoms with E-state index in [-0.39, 0.29) is 17.3 Å². The molecule has 0 saturated carbocycles. The van der Waals surface area contributed by atoms with E-state index >= 15 is 0 Å². The Balaban J connectivity index is 2.05. The van der Waals surface area contributed by atoms with E-state index in [1.165, 1.54) is 24.8 Å². The van der Waals surface area contributed by atoms with Gasteiger partial charge in [0, 0.05) is 23.1 Å². The Labute approximate surface area is 137 Å². The monoisotopic (exact) mass is 335 g/mol. The topological polar surface area (TPSA) is 46.2 Å². The van der Waals surface area contributed by atoms with Crippen molar-refractivity contribution in [2.75, 3.05) is 5.32 Å². The zero-order valence-electron chi connectivity index (χ0n) is 12.6. The van der Waals surface area contributed by atoms with Gasteiger partial charge in [-0.1, -0.05) is 0 Å². The zero-order valence-corrected chi connectivity index (χ0v) is 13.4. The molecule has 2 aromatic rings. The number of Topliss-reactive ketones (excluding diaryl/α,β-unsaturated/α-hetero) is 1. The number of hydrogen-bond donors (Lipinski definition) is 1. The Morgan fingerprint density at radius 3 is 2.26 bits per heavy atom. The largest absolute Gasteiger partial charge is 0.326 e. The van der Waals surface area contributed by atoms with Crippen molar-refractivity contribution in [2.24, 2.45) is 0 Å². The van der Waals surface area contributed by atoms with Gasteiger partial charge >= 0.3 is 0 Å². The van der Waals surface area contributed by atoms with E-state index in [0.717, 1.165) is 17.0 Å². The second-order valence-electron chi connectivity index (χ2n) is 4.96. The maximum Gasteiger partial charge on any atom is 0.221 e. The summed E-state index contributed by atoms with van der Waals surface area (Å²) in [7, 11) is 0. The molecule has 0 aromatic heterocycles. The Morgan fingerprint density at radius 2 is 1.70 bits per heavy atom. The molecule has 2 aromatic carbocycles. The van der Waals surface area contributed by atoms with Crippen LogP contribution in [0.5, 0.6) is 0 Å². The van der Waals surface area contributed by atoms with Crippen LogP contribution >= 0.6 is 11.8 Å². The van der Waals surface area contributed by atoms with Crippen LogP contribution in [0.25, 0.3) is 0 Å². The lowest BCUT2D eigenvalue weighted by atomic mass is 10.1. The minimum atomic E-state index is -1.03. The van der Waals surface area contributed by atoms with Crippen LogP contribution in [0, 0.1) is 11.6 Å². The van der Waals surface area contributed by atoms with Gasteiger partial charge < -0.3 is 5.32 Å². The molecule has 1 N–H and O–H groups in total. The summed E-state index contributed by atoms with van der Waals surface area (Å²) < 4.78 is 26.1. The van der Waals surface area contributed by atoms with Gasteiger partial charge in [-0.05, 0) is 49.4 Å². The van der Waals surface area contributed by atoms with Crippen LogP contribution < -0.4 is 5.32 Å². The molecule has 6 heteroatoms. The van der Waals surface area contributed by atoms with Gasteiger partial charge in [-0.25, -0.2) is 8.78 Å². The minimum absolute atomic E-state index is 0.138. The molecule has 23 heavy (non-hydrogen) atoms. The van der Waals surface area contributed by atoms with Crippen LogP contribution in [-0.4, -0.2) is 16.9 Å². The molecule has 0 bridgehead atoms. The summed E-state index contributed by atoms with van der Waals surface area (Å²) in [4.78, 5) is 24.0. The average Bonchev–Trinajstić information content (AvgIpc) is 2.50. The predicted octanol–water partition coefficient (Wildman–Crippen LogP) is 4.29. The number of benzene rings is 2. The maximum atomic E-state index is 13.2. The fourth-order valence-corrected chi connectivity index (χ4v) is 2.91. The predicted molar refractivity (Wildman–Crippen MR) is 86.8 cm³/mol. The van der Waals surface area contributed by atoms with Crippen LogP contribution in [-0.2, 0) is 4.79 Å². The van der Waals surface area contributed by atoms with Crippen LogP contribution in [0.4, 0.5) is 14.5 Å². The molecule has 1 amide bonds. The molecular weight excluding hydrogens is 320 g/mol. The van der Waals surface area contributed by atoms with Gasteiger partial charge in [0.15, 0.2) is 17.4 Å². The first-order chi connectivity index (χ1) is 10.9. The summed E-state index contributed by atoms with van der Waals surface area (Å²) >= 11 is 1.31. The summed E-state index contributed by atoms with van der Waals surface area (Å²) in [5.74, 6) is -2.45. The van der Waals surface area contributed by atoms with Gasteiger partial charge in [0.2, 0.25) is 5.91 Å². The molecular formula is C17H15F2NO2S. The van der Waals surface area contributed by atoms with Crippen molar-refractivity contribution in [2.45, 2.75) is 24.0 Å². The number of carbonyl (C=O) groups excluding carboxylic acids is 2. The van der Waals surface area contributed by atoms with Gasteiger partial charge in [0.25, 0.3) is 0 Å². The zero-order chi connectivity index (χ0) is 17.0.